The Labute approximate surface area is 122 Å². The number of nitro groups is 1. The number of hydrogen-bond acceptors (Lipinski definition) is 5. The van der Waals surface area contributed by atoms with Gasteiger partial charge in [-0.2, -0.15) is 0 Å². The topological polar surface area (TPSA) is 94.2 Å². The Hall–Kier alpha value is -2.35. The maximum atomic E-state index is 11.6. The summed E-state index contributed by atoms with van der Waals surface area (Å²) >= 11 is 0. The van der Waals surface area contributed by atoms with Gasteiger partial charge in [0.05, 0.1) is 4.92 Å². The SMILES string of the molecule is CS(=O)(=O)c1cccc(NCCn2cccc2)c1[N+](=O)[O-]. The molecule has 0 aliphatic rings. The van der Waals surface area contributed by atoms with Gasteiger partial charge in [-0.05, 0) is 24.3 Å². The fourth-order valence-electron chi connectivity index (χ4n) is 1.99. The summed E-state index contributed by atoms with van der Waals surface area (Å²) in [6.07, 6.45) is 4.71. The lowest BCUT2D eigenvalue weighted by molar-refractivity contribution is -0.386. The Morgan fingerprint density at radius 3 is 2.48 bits per heavy atom. The molecule has 0 amide bonds. The van der Waals surface area contributed by atoms with E-state index in [1.54, 1.807) is 0 Å². The van der Waals surface area contributed by atoms with Crippen molar-refractivity contribution in [3.05, 3.63) is 52.8 Å². The van der Waals surface area contributed by atoms with Crippen LogP contribution in [0.25, 0.3) is 0 Å². The molecule has 0 spiro atoms. The molecule has 0 unspecified atom stereocenters. The highest BCUT2D eigenvalue weighted by atomic mass is 32.2. The van der Waals surface area contributed by atoms with Gasteiger partial charge in [0, 0.05) is 31.7 Å². The second kappa shape index (κ2) is 5.96. The number of nitrogens with one attached hydrogen (secondary N) is 1. The van der Waals surface area contributed by atoms with Crippen molar-refractivity contribution in [3.8, 4) is 0 Å². The number of sulfone groups is 1. The van der Waals surface area contributed by atoms with Crippen molar-refractivity contribution < 1.29 is 13.3 Å². The number of nitrogens with zero attached hydrogens (tertiary/aromatic N) is 2. The lowest BCUT2D eigenvalue weighted by atomic mass is 10.2. The van der Waals surface area contributed by atoms with Gasteiger partial charge in [-0.15, -0.1) is 0 Å². The van der Waals surface area contributed by atoms with E-state index in [0.717, 1.165) is 6.26 Å². The maximum Gasteiger partial charge on any atom is 0.310 e. The molecule has 1 N–H and O–H groups in total. The maximum absolute atomic E-state index is 11.6. The first-order valence-electron chi connectivity index (χ1n) is 6.21. The van der Waals surface area contributed by atoms with Crippen LogP contribution in [0.3, 0.4) is 0 Å². The van der Waals surface area contributed by atoms with Gasteiger partial charge in [-0.25, -0.2) is 8.42 Å². The minimum atomic E-state index is -3.66. The molecule has 1 aromatic carbocycles. The molecule has 0 bridgehead atoms. The van der Waals surface area contributed by atoms with Gasteiger partial charge in [-0.1, -0.05) is 6.07 Å². The number of benzene rings is 1. The molecule has 2 aromatic rings. The highest BCUT2D eigenvalue weighted by Crippen LogP contribution is 2.31. The van der Waals surface area contributed by atoms with Gasteiger partial charge in [-0.3, -0.25) is 10.1 Å². The molecular formula is C13H15N3O4S. The molecule has 0 saturated heterocycles. The summed E-state index contributed by atoms with van der Waals surface area (Å²) in [5.41, 5.74) is -0.206. The molecule has 0 aliphatic heterocycles. The fourth-order valence-corrected chi connectivity index (χ4v) is 2.85. The molecule has 21 heavy (non-hydrogen) atoms. The molecule has 0 radical (unpaired) electrons. The summed E-state index contributed by atoms with van der Waals surface area (Å²) in [6.45, 7) is 1.07. The van der Waals surface area contributed by atoms with Crippen LogP contribution in [0.15, 0.2) is 47.6 Å². The first-order valence-corrected chi connectivity index (χ1v) is 8.11. The smallest absolute Gasteiger partial charge is 0.310 e. The molecule has 7 nitrogen and oxygen atoms in total. The van der Waals surface area contributed by atoms with Crippen molar-refractivity contribution >= 4 is 21.2 Å². The summed E-state index contributed by atoms with van der Waals surface area (Å²) in [5, 5.41) is 14.1. The molecule has 112 valence electrons. The largest absolute Gasteiger partial charge is 0.378 e. The van der Waals surface area contributed by atoms with E-state index in [1.807, 2.05) is 29.1 Å². The van der Waals surface area contributed by atoms with Gasteiger partial charge < -0.3 is 9.88 Å². The molecule has 0 atom stereocenters. The van der Waals surface area contributed by atoms with Crippen LogP contribution < -0.4 is 5.32 Å². The second-order valence-electron chi connectivity index (χ2n) is 4.53. The van der Waals surface area contributed by atoms with Gasteiger partial charge in [0.2, 0.25) is 0 Å². The van der Waals surface area contributed by atoms with Crippen LogP contribution in [-0.2, 0) is 16.4 Å². The number of nitro benzene ring substituents is 1. The minimum absolute atomic E-state index is 0.204. The van der Waals surface area contributed by atoms with E-state index in [1.165, 1.54) is 18.2 Å². The molecule has 1 aromatic heterocycles. The lowest BCUT2D eigenvalue weighted by Gasteiger charge is -2.10. The summed E-state index contributed by atoms with van der Waals surface area (Å²) in [5.74, 6) is 0. The monoisotopic (exact) mass is 309 g/mol. The molecule has 8 heteroatoms. The van der Waals surface area contributed by atoms with Gasteiger partial charge in [0.25, 0.3) is 0 Å². The number of para-hydroxylation sites is 1. The zero-order valence-electron chi connectivity index (χ0n) is 11.4. The van der Waals surface area contributed by atoms with Crippen LogP contribution >= 0.6 is 0 Å². The van der Waals surface area contributed by atoms with Gasteiger partial charge in [0.15, 0.2) is 9.84 Å². The van der Waals surface area contributed by atoms with E-state index in [9.17, 15) is 18.5 Å². The second-order valence-corrected chi connectivity index (χ2v) is 6.51. The average Bonchev–Trinajstić information content (AvgIpc) is 2.90. The Kier molecular flexibility index (Phi) is 4.27. The molecule has 0 saturated carbocycles. The van der Waals surface area contributed by atoms with Gasteiger partial charge in [0.1, 0.15) is 10.6 Å². The standard InChI is InChI=1S/C13H15N3O4S/c1-21(19,20)12-6-4-5-11(13(12)16(17)18)14-7-10-15-8-2-3-9-15/h2-6,8-9,14H,7,10H2,1H3. The zero-order chi connectivity index (χ0) is 15.5. The van der Waals surface area contributed by atoms with Crippen LogP contribution in [0.2, 0.25) is 0 Å². The highest BCUT2D eigenvalue weighted by molar-refractivity contribution is 7.90. The van der Waals surface area contributed by atoms with Crippen molar-refractivity contribution in [2.45, 2.75) is 11.4 Å². The fraction of sp³-hybridized carbons (Fsp3) is 0.231. The molecule has 0 aliphatic carbocycles. The quantitative estimate of drug-likeness (QED) is 0.649. The van der Waals surface area contributed by atoms with Crippen molar-refractivity contribution in [2.24, 2.45) is 0 Å². The predicted molar refractivity (Wildman–Crippen MR) is 79.1 cm³/mol. The van der Waals surface area contributed by atoms with Crippen LogP contribution in [0, 0.1) is 10.1 Å². The third-order valence-electron chi connectivity index (χ3n) is 2.93. The first kappa shape index (κ1) is 15.0. The predicted octanol–water partition coefficient (Wildman–Crippen LogP) is 1.91. The summed E-state index contributed by atoms with van der Waals surface area (Å²) in [4.78, 5) is 10.2. The highest BCUT2D eigenvalue weighted by Gasteiger charge is 2.25. The Morgan fingerprint density at radius 1 is 1.24 bits per heavy atom. The lowest BCUT2D eigenvalue weighted by Crippen LogP contribution is -2.12. The van der Waals surface area contributed by atoms with E-state index in [4.69, 9.17) is 0 Å². The van der Waals surface area contributed by atoms with E-state index in [2.05, 4.69) is 5.32 Å². The van der Waals surface area contributed by atoms with Crippen molar-refractivity contribution in [1.82, 2.24) is 4.57 Å². The molecule has 0 fully saturated rings. The Morgan fingerprint density at radius 2 is 1.90 bits per heavy atom. The zero-order valence-corrected chi connectivity index (χ0v) is 12.2. The van der Waals surface area contributed by atoms with Gasteiger partial charge >= 0.3 is 5.69 Å². The van der Waals surface area contributed by atoms with Crippen LogP contribution in [0.1, 0.15) is 0 Å². The summed E-state index contributed by atoms with van der Waals surface area (Å²) < 4.78 is 25.2. The van der Waals surface area contributed by atoms with E-state index >= 15 is 0 Å². The third kappa shape index (κ3) is 3.60. The number of hydrogen-bond donors (Lipinski definition) is 1. The van der Waals surface area contributed by atoms with Crippen LogP contribution in [0.4, 0.5) is 11.4 Å². The molecule has 2 rings (SSSR count). The number of aromatic nitrogens is 1. The normalized spacial score (nSPS) is 11.3. The Balaban J connectivity index is 2.24. The minimum Gasteiger partial charge on any atom is -0.378 e. The number of rotatable bonds is 6. The van der Waals surface area contributed by atoms with Crippen molar-refractivity contribution in [3.63, 3.8) is 0 Å². The third-order valence-corrected chi connectivity index (χ3v) is 4.06. The van der Waals surface area contributed by atoms with Crippen LogP contribution in [0.5, 0.6) is 0 Å². The summed E-state index contributed by atoms with van der Waals surface area (Å²) in [7, 11) is -3.66. The first-order chi connectivity index (χ1) is 9.89. The Bertz CT molecular complexity index is 739. The van der Waals surface area contributed by atoms with Crippen LogP contribution in [-0.4, -0.2) is 30.7 Å². The van der Waals surface area contributed by atoms with Crippen molar-refractivity contribution in [1.29, 1.82) is 0 Å². The molecule has 1 heterocycles. The van der Waals surface area contributed by atoms with Crippen molar-refractivity contribution in [2.75, 3.05) is 18.1 Å². The number of anilines is 1. The summed E-state index contributed by atoms with van der Waals surface area (Å²) in [6, 6.07) is 7.99. The van der Waals surface area contributed by atoms with E-state index in [-0.39, 0.29) is 10.6 Å². The average molecular weight is 309 g/mol. The molecular weight excluding hydrogens is 294 g/mol. The van der Waals surface area contributed by atoms with E-state index < -0.39 is 20.4 Å². The van der Waals surface area contributed by atoms with E-state index in [0.29, 0.717) is 13.1 Å².